The Hall–Kier alpha value is -3.00. The summed E-state index contributed by atoms with van der Waals surface area (Å²) in [5, 5.41) is 5.91. The maximum absolute atomic E-state index is 13.8. The highest BCUT2D eigenvalue weighted by Gasteiger charge is 2.38. The fourth-order valence-corrected chi connectivity index (χ4v) is 4.99. The molecule has 1 aromatic heterocycles. The number of hydrogen-bond acceptors (Lipinski definition) is 4. The largest absolute Gasteiger partial charge is 0.343 e. The number of nitrogens with one attached hydrogen (secondary N) is 2. The number of anilines is 1. The molecule has 182 valence electrons. The van der Waals surface area contributed by atoms with E-state index in [-0.39, 0.29) is 35.7 Å². The lowest BCUT2D eigenvalue weighted by molar-refractivity contribution is -0.130. The van der Waals surface area contributed by atoms with Crippen LogP contribution >= 0.6 is 0 Å². The molecule has 2 aliphatic rings. The Morgan fingerprint density at radius 1 is 1.12 bits per heavy atom. The van der Waals surface area contributed by atoms with Crippen LogP contribution < -0.4 is 21.1 Å². The maximum atomic E-state index is 13.8. The Morgan fingerprint density at radius 3 is 2.50 bits per heavy atom. The normalized spacial score (nSPS) is 17.8. The number of pyridine rings is 1. The number of hydrogen-bond donors (Lipinski definition) is 2. The van der Waals surface area contributed by atoms with Crippen molar-refractivity contribution in [1.82, 2.24) is 15.2 Å². The van der Waals surface area contributed by atoms with Crippen LogP contribution in [0.3, 0.4) is 0 Å². The van der Waals surface area contributed by atoms with Crippen LogP contribution in [0.5, 0.6) is 0 Å². The lowest BCUT2D eigenvalue weighted by Crippen LogP contribution is -2.56. The van der Waals surface area contributed by atoms with Gasteiger partial charge < -0.3 is 20.1 Å². The summed E-state index contributed by atoms with van der Waals surface area (Å²) in [5.41, 5.74) is 1.79. The molecule has 0 unspecified atom stereocenters. The molecule has 8 heteroatoms. The van der Waals surface area contributed by atoms with Crippen molar-refractivity contribution in [3.63, 3.8) is 0 Å². The van der Waals surface area contributed by atoms with Crippen molar-refractivity contribution in [3.8, 4) is 0 Å². The van der Waals surface area contributed by atoms with Crippen molar-refractivity contribution in [3.05, 3.63) is 63.8 Å². The summed E-state index contributed by atoms with van der Waals surface area (Å²) < 4.78 is 14.8. The Morgan fingerprint density at radius 2 is 1.82 bits per heavy atom. The molecule has 2 aromatic rings. The van der Waals surface area contributed by atoms with Gasteiger partial charge in [-0.1, -0.05) is 31.4 Å². The van der Waals surface area contributed by atoms with Crippen molar-refractivity contribution < 1.29 is 14.0 Å². The van der Waals surface area contributed by atoms with E-state index in [1.807, 2.05) is 6.07 Å². The van der Waals surface area contributed by atoms with E-state index in [9.17, 15) is 18.8 Å². The molecule has 4 rings (SSSR count). The Labute approximate surface area is 199 Å². The SMILES string of the molecule is CN[C@@H](C)C(=O)N[C@@H](C(=O)N1CCc2ccn(Cc3ccc(F)cc3)c(=O)c21)C1CCCCC1. The second kappa shape index (κ2) is 10.5. The number of amides is 2. The molecule has 2 amide bonds. The minimum Gasteiger partial charge on any atom is -0.343 e. The highest BCUT2D eigenvalue weighted by Crippen LogP contribution is 2.31. The molecule has 1 aromatic carbocycles. The Balaban J connectivity index is 1.62. The van der Waals surface area contributed by atoms with Crippen LogP contribution in [0.25, 0.3) is 0 Å². The number of nitrogens with zero attached hydrogens (tertiary/aromatic N) is 2. The smallest absolute Gasteiger partial charge is 0.275 e. The van der Waals surface area contributed by atoms with E-state index < -0.39 is 12.1 Å². The van der Waals surface area contributed by atoms with E-state index in [4.69, 9.17) is 0 Å². The van der Waals surface area contributed by atoms with Gasteiger partial charge in [0.1, 0.15) is 17.5 Å². The van der Waals surface area contributed by atoms with Gasteiger partial charge in [0.2, 0.25) is 11.8 Å². The van der Waals surface area contributed by atoms with E-state index in [1.54, 1.807) is 41.8 Å². The van der Waals surface area contributed by atoms with Gasteiger partial charge in [0.15, 0.2) is 0 Å². The van der Waals surface area contributed by atoms with Gasteiger partial charge >= 0.3 is 0 Å². The van der Waals surface area contributed by atoms with E-state index in [0.717, 1.165) is 43.2 Å². The van der Waals surface area contributed by atoms with E-state index in [0.29, 0.717) is 18.7 Å². The van der Waals surface area contributed by atoms with Gasteiger partial charge in [-0.2, -0.15) is 0 Å². The molecule has 1 fully saturated rings. The van der Waals surface area contributed by atoms with E-state index >= 15 is 0 Å². The number of halogens is 1. The lowest BCUT2D eigenvalue weighted by atomic mass is 9.83. The summed E-state index contributed by atoms with van der Waals surface area (Å²) in [6.45, 7) is 2.47. The zero-order valence-corrected chi connectivity index (χ0v) is 19.9. The zero-order valence-electron chi connectivity index (χ0n) is 19.9. The number of benzene rings is 1. The molecule has 34 heavy (non-hydrogen) atoms. The third-order valence-corrected chi connectivity index (χ3v) is 7.14. The van der Waals surface area contributed by atoms with Crippen LogP contribution in [0, 0.1) is 11.7 Å². The lowest BCUT2D eigenvalue weighted by Gasteiger charge is -2.33. The number of carbonyl (C=O) groups is 2. The van der Waals surface area contributed by atoms with Crippen LogP contribution in [-0.2, 0) is 22.6 Å². The molecule has 0 bridgehead atoms. The average molecular weight is 469 g/mol. The third-order valence-electron chi connectivity index (χ3n) is 7.14. The van der Waals surface area contributed by atoms with Gasteiger partial charge in [0.05, 0.1) is 12.6 Å². The fourth-order valence-electron chi connectivity index (χ4n) is 4.99. The highest BCUT2D eigenvalue weighted by molar-refractivity contribution is 6.01. The van der Waals surface area contributed by atoms with Crippen LogP contribution in [0.4, 0.5) is 10.1 Å². The predicted molar refractivity (Wildman–Crippen MR) is 129 cm³/mol. The van der Waals surface area contributed by atoms with Gasteiger partial charge in [0.25, 0.3) is 5.56 Å². The number of rotatable bonds is 7. The van der Waals surface area contributed by atoms with Gasteiger partial charge in [-0.15, -0.1) is 0 Å². The first-order valence-electron chi connectivity index (χ1n) is 12.1. The minimum atomic E-state index is -0.653. The maximum Gasteiger partial charge on any atom is 0.275 e. The predicted octanol–water partition coefficient (Wildman–Crippen LogP) is 2.60. The molecule has 1 aliphatic carbocycles. The van der Waals surface area contributed by atoms with Gasteiger partial charge in [-0.25, -0.2) is 4.39 Å². The standard InChI is InChI=1S/C26H33FN4O3/c1-17(28-2)24(32)29-22(19-6-4-3-5-7-19)25(33)31-15-13-20-12-14-30(26(34)23(20)31)16-18-8-10-21(27)11-9-18/h8-12,14,17,19,22,28H,3-7,13,15-16H2,1-2H3,(H,29,32)/t17-,22+/m0/s1. The number of fused-ring (bicyclic) bond motifs is 1. The number of carbonyl (C=O) groups excluding carboxylic acids is 2. The Bertz CT molecular complexity index is 1090. The van der Waals surface area contributed by atoms with E-state index in [1.165, 1.54) is 12.1 Å². The summed E-state index contributed by atoms with van der Waals surface area (Å²) in [6.07, 6.45) is 7.31. The molecule has 7 nitrogen and oxygen atoms in total. The van der Waals surface area contributed by atoms with Crippen molar-refractivity contribution in [2.24, 2.45) is 5.92 Å². The summed E-state index contributed by atoms with van der Waals surface area (Å²) >= 11 is 0. The number of aromatic nitrogens is 1. The first kappa shape index (κ1) is 24.1. The van der Waals surface area contributed by atoms with Crippen molar-refractivity contribution >= 4 is 17.5 Å². The molecule has 2 atom stereocenters. The molecular weight excluding hydrogens is 435 g/mol. The molecule has 0 spiro atoms. The number of likely N-dealkylation sites (N-methyl/N-ethyl adjacent to an activating group) is 1. The van der Waals surface area contributed by atoms with Gasteiger partial charge in [-0.05, 0) is 68.5 Å². The summed E-state index contributed by atoms with van der Waals surface area (Å²) in [6, 6.07) is 6.84. The third kappa shape index (κ3) is 5.06. The van der Waals surface area contributed by atoms with Gasteiger partial charge in [0, 0.05) is 12.7 Å². The summed E-state index contributed by atoms with van der Waals surface area (Å²) in [4.78, 5) is 41.5. The zero-order chi connectivity index (χ0) is 24.2. The molecule has 0 radical (unpaired) electrons. The Kier molecular flexibility index (Phi) is 7.46. The van der Waals surface area contributed by atoms with Crippen molar-refractivity contribution in [2.75, 3.05) is 18.5 Å². The summed E-state index contributed by atoms with van der Waals surface area (Å²) in [5.74, 6) is -0.694. The molecule has 1 saturated carbocycles. The molecule has 0 saturated heterocycles. The quantitative estimate of drug-likeness (QED) is 0.654. The minimum absolute atomic E-state index is 0.0588. The molecule has 2 N–H and O–H groups in total. The fraction of sp³-hybridized carbons (Fsp3) is 0.500. The molecular formula is C26H33FN4O3. The molecule has 2 heterocycles. The van der Waals surface area contributed by atoms with E-state index in [2.05, 4.69) is 10.6 Å². The van der Waals surface area contributed by atoms with Crippen LogP contribution in [0.1, 0.15) is 50.2 Å². The first-order chi connectivity index (χ1) is 16.4. The first-order valence-corrected chi connectivity index (χ1v) is 12.1. The summed E-state index contributed by atoms with van der Waals surface area (Å²) in [7, 11) is 1.71. The van der Waals surface area contributed by atoms with Crippen molar-refractivity contribution in [1.29, 1.82) is 0 Å². The average Bonchev–Trinajstić information content (AvgIpc) is 3.30. The monoisotopic (exact) mass is 468 g/mol. The molecule has 1 aliphatic heterocycles. The highest BCUT2D eigenvalue weighted by atomic mass is 19.1. The van der Waals surface area contributed by atoms with Crippen LogP contribution in [-0.4, -0.2) is 42.1 Å². The van der Waals surface area contributed by atoms with Crippen LogP contribution in [0.2, 0.25) is 0 Å². The van der Waals surface area contributed by atoms with Crippen molar-refractivity contribution in [2.45, 2.75) is 64.1 Å². The topological polar surface area (TPSA) is 83.4 Å². The van der Waals surface area contributed by atoms with Crippen LogP contribution in [0.15, 0.2) is 41.3 Å². The second-order valence-corrected chi connectivity index (χ2v) is 9.38. The van der Waals surface area contributed by atoms with Gasteiger partial charge in [-0.3, -0.25) is 14.4 Å². The second-order valence-electron chi connectivity index (χ2n) is 9.38.